The third-order valence-corrected chi connectivity index (χ3v) is 6.36. The van der Waals surface area contributed by atoms with E-state index in [-0.39, 0.29) is 0 Å². The van der Waals surface area contributed by atoms with Gasteiger partial charge in [-0.25, -0.2) is 9.50 Å². The van der Waals surface area contributed by atoms with E-state index >= 15 is 0 Å². The fourth-order valence-corrected chi connectivity index (χ4v) is 4.72. The van der Waals surface area contributed by atoms with Gasteiger partial charge in [0, 0.05) is 54.8 Å². The van der Waals surface area contributed by atoms with E-state index in [1.165, 1.54) is 11.9 Å². The number of hydrogen-bond donors (Lipinski definition) is 2. The molecule has 0 saturated carbocycles. The number of methoxy groups -OCH3 is 1. The van der Waals surface area contributed by atoms with Crippen LogP contribution in [0.25, 0.3) is 27.9 Å². The highest BCUT2D eigenvalue weighted by atomic mass is 16.5. The fraction of sp³-hybridized carbons (Fsp3) is 0.348. The second-order valence-electron chi connectivity index (χ2n) is 8.88. The summed E-state index contributed by atoms with van der Waals surface area (Å²) in [6.45, 7) is 7.16. The van der Waals surface area contributed by atoms with Crippen molar-refractivity contribution in [1.82, 2.24) is 44.9 Å². The maximum Gasteiger partial charge on any atom is 0.197 e. The maximum atomic E-state index is 5.57. The molecule has 6 heterocycles. The van der Waals surface area contributed by atoms with E-state index in [2.05, 4.69) is 61.4 Å². The molecule has 0 amide bonds. The van der Waals surface area contributed by atoms with Crippen molar-refractivity contribution >= 4 is 16.7 Å². The van der Waals surface area contributed by atoms with Crippen molar-refractivity contribution in [3.8, 4) is 17.0 Å². The second-order valence-corrected chi connectivity index (χ2v) is 8.88. The van der Waals surface area contributed by atoms with Crippen molar-refractivity contribution in [3.05, 3.63) is 53.9 Å². The number of hydrogen-bond acceptors (Lipinski definition) is 7. The maximum absolute atomic E-state index is 5.57. The van der Waals surface area contributed by atoms with Crippen LogP contribution in [0.4, 0.5) is 0 Å². The molecule has 168 valence electrons. The van der Waals surface area contributed by atoms with Crippen LogP contribution in [0.2, 0.25) is 0 Å². The van der Waals surface area contributed by atoms with Gasteiger partial charge < -0.3 is 9.72 Å². The van der Waals surface area contributed by atoms with Gasteiger partial charge in [0.05, 0.1) is 29.5 Å². The Morgan fingerprint density at radius 3 is 2.88 bits per heavy atom. The lowest BCUT2D eigenvalue weighted by atomic mass is 9.94. The molecule has 1 saturated heterocycles. The average molecular weight is 444 g/mol. The first-order valence-electron chi connectivity index (χ1n) is 11.1. The molecule has 10 nitrogen and oxygen atoms in total. The molecular weight excluding hydrogens is 418 g/mol. The largest absolute Gasteiger partial charge is 0.493 e. The van der Waals surface area contributed by atoms with Crippen molar-refractivity contribution in [2.45, 2.75) is 32.2 Å². The Bertz CT molecular complexity index is 1430. The first kappa shape index (κ1) is 19.9. The van der Waals surface area contributed by atoms with Crippen LogP contribution >= 0.6 is 0 Å². The van der Waals surface area contributed by atoms with Crippen molar-refractivity contribution in [2.75, 3.05) is 20.2 Å². The Morgan fingerprint density at radius 1 is 1.24 bits per heavy atom. The molecule has 0 bridgehead atoms. The quantitative estimate of drug-likeness (QED) is 0.414. The number of nitrogens with one attached hydrogen (secondary N) is 2. The molecule has 0 aromatic carbocycles. The molecule has 2 N–H and O–H groups in total. The van der Waals surface area contributed by atoms with E-state index in [1.54, 1.807) is 11.6 Å². The first-order chi connectivity index (χ1) is 16.1. The molecule has 0 unspecified atom stereocenters. The van der Waals surface area contributed by atoms with Gasteiger partial charge in [-0.1, -0.05) is 19.1 Å². The Hall–Kier alpha value is -3.79. The normalized spacial score (nSPS) is 15.0. The Labute approximate surface area is 190 Å². The molecule has 33 heavy (non-hydrogen) atoms. The monoisotopic (exact) mass is 443 g/mol. The minimum Gasteiger partial charge on any atom is -0.493 e. The fourth-order valence-electron chi connectivity index (χ4n) is 4.72. The summed E-state index contributed by atoms with van der Waals surface area (Å²) >= 11 is 0. The first-order valence-corrected chi connectivity index (χ1v) is 11.1. The van der Waals surface area contributed by atoms with Gasteiger partial charge in [0.25, 0.3) is 0 Å². The van der Waals surface area contributed by atoms with Crippen LogP contribution in [0.3, 0.4) is 0 Å². The zero-order valence-corrected chi connectivity index (χ0v) is 18.8. The van der Waals surface area contributed by atoms with Crippen LogP contribution in [0, 0.1) is 0 Å². The van der Waals surface area contributed by atoms with Gasteiger partial charge in [-0.3, -0.25) is 15.0 Å². The number of ether oxygens (including phenoxy) is 1. The summed E-state index contributed by atoms with van der Waals surface area (Å²) in [5.74, 6) is 1.40. The minimum absolute atomic E-state index is 0.291. The second kappa shape index (κ2) is 7.66. The van der Waals surface area contributed by atoms with Gasteiger partial charge in [-0.15, -0.1) is 5.10 Å². The van der Waals surface area contributed by atoms with E-state index in [0.717, 1.165) is 53.3 Å². The van der Waals surface area contributed by atoms with Gasteiger partial charge in [-0.2, -0.15) is 5.10 Å². The summed E-state index contributed by atoms with van der Waals surface area (Å²) < 4.78 is 7.33. The minimum atomic E-state index is 0.291. The van der Waals surface area contributed by atoms with Gasteiger partial charge in [0.15, 0.2) is 11.4 Å². The molecule has 1 aliphatic heterocycles. The zero-order chi connectivity index (χ0) is 22.5. The number of rotatable bonds is 6. The number of nitrogens with zero attached hydrogens (tertiary/aromatic N) is 7. The summed E-state index contributed by atoms with van der Waals surface area (Å²) in [6.07, 6.45) is 5.37. The SMILES string of the molecule is COc1cc(-c2[nH]c3ccc(C4CN(Cc5c[nH]nn5)C4)nc3c2C(C)C)cn2ncnc12. The summed E-state index contributed by atoms with van der Waals surface area (Å²) in [7, 11) is 1.65. The zero-order valence-electron chi connectivity index (χ0n) is 18.8. The highest BCUT2D eigenvalue weighted by molar-refractivity contribution is 5.89. The van der Waals surface area contributed by atoms with Gasteiger partial charge in [0.1, 0.15) is 6.33 Å². The van der Waals surface area contributed by atoms with Crippen LogP contribution in [-0.4, -0.2) is 65.1 Å². The molecule has 1 aliphatic rings. The lowest BCUT2D eigenvalue weighted by Crippen LogP contribution is -2.44. The van der Waals surface area contributed by atoms with Crippen LogP contribution in [0.1, 0.15) is 42.6 Å². The van der Waals surface area contributed by atoms with E-state index in [0.29, 0.717) is 23.2 Å². The van der Waals surface area contributed by atoms with Crippen LogP contribution in [0.5, 0.6) is 5.75 Å². The Kier molecular flexibility index (Phi) is 4.61. The number of aromatic amines is 2. The molecule has 0 spiro atoms. The van der Waals surface area contributed by atoms with Crippen molar-refractivity contribution < 1.29 is 4.74 Å². The lowest BCUT2D eigenvalue weighted by molar-refractivity contribution is 0.135. The van der Waals surface area contributed by atoms with Crippen molar-refractivity contribution in [3.63, 3.8) is 0 Å². The van der Waals surface area contributed by atoms with Gasteiger partial charge in [-0.05, 0) is 24.1 Å². The molecule has 5 aromatic rings. The smallest absolute Gasteiger partial charge is 0.197 e. The number of fused-ring (bicyclic) bond motifs is 2. The van der Waals surface area contributed by atoms with E-state index in [1.807, 2.05) is 18.5 Å². The number of likely N-dealkylation sites (tertiary alicyclic amines) is 1. The molecule has 5 aromatic heterocycles. The van der Waals surface area contributed by atoms with E-state index in [9.17, 15) is 0 Å². The van der Waals surface area contributed by atoms with E-state index < -0.39 is 0 Å². The summed E-state index contributed by atoms with van der Waals surface area (Å²) in [5.41, 5.74) is 8.11. The van der Waals surface area contributed by atoms with E-state index in [4.69, 9.17) is 9.72 Å². The number of pyridine rings is 2. The molecule has 1 fully saturated rings. The molecule has 0 atom stereocenters. The van der Waals surface area contributed by atoms with Crippen molar-refractivity contribution in [1.29, 1.82) is 0 Å². The average Bonchev–Trinajstić information content (AvgIpc) is 3.53. The molecule has 10 heteroatoms. The van der Waals surface area contributed by atoms with Gasteiger partial charge >= 0.3 is 0 Å². The molecule has 0 aliphatic carbocycles. The number of H-pyrrole nitrogens is 2. The predicted molar refractivity (Wildman–Crippen MR) is 123 cm³/mol. The summed E-state index contributed by atoms with van der Waals surface area (Å²) in [4.78, 5) is 15.4. The molecule has 0 radical (unpaired) electrons. The Morgan fingerprint density at radius 2 is 2.12 bits per heavy atom. The number of aromatic nitrogens is 8. The highest BCUT2D eigenvalue weighted by Crippen LogP contribution is 2.37. The van der Waals surface area contributed by atoms with Crippen molar-refractivity contribution in [2.24, 2.45) is 0 Å². The predicted octanol–water partition coefficient (Wildman–Crippen LogP) is 3.12. The third kappa shape index (κ3) is 3.34. The van der Waals surface area contributed by atoms with Gasteiger partial charge in [0.2, 0.25) is 0 Å². The molecule has 6 rings (SSSR count). The summed E-state index contributed by atoms with van der Waals surface area (Å²) in [5, 5.41) is 15.0. The van der Waals surface area contributed by atoms with Crippen LogP contribution in [-0.2, 0) is 6.54 Å². The van der Waals surface area contributed by atoms with Crippen LogP contribution < -0.4 is 4.74 Å². The standard InChI is InChI=1S/C23H25N9O/c1-13(2)20-21(14-6-19(33-3)23-24-12-26-32(23)10-14)28-18-5-4-17(27-22(18)20)15-8-31(9-15)11-16-7-25-30-29-16/h4-7,10,12-13,15,28H,8-9,11H2,1-3H3,(H,25,29,30). The highest BCUT2D eigenvalue weighted by Gasteiger charge is 2.30. The Balaban J connectivity index is 1.36. The lowest BCUT2D eigenvalue weighted by Gasteiger charge is -2.38. The summed E-state index contributed by atoms with van der Waals surface area (Å²) in [6, 6.07) is 6.31. The third-order valence-electron chi connectivity index (χ3n) is 6.36. The topological polar surface area (TPSA) is 113 Å². The molecular formula is C23H25N9O. The van der Waals surface area contributed by atoms with Crippen LogP contribution in [0.15, 0.2) is 36.9 Å².